The Kier molecular flexibility index (Phi) is 62.7. The summed E-state index contributed by atoms with van der Waals surface area (Å²) >= 11 is 0. The first-order chi connectivity index (χ1) is 39.5. The Morgan fingerprint density at radius 3 is 0.790 bits per heavy atom. The molecule has 0 spiro atoms. The van der Waals surface area contributed by atoms with Crippen molar-refractivity contribution in [2.45, 2.75) is 399 Å². The van der Waals surface area contributed by atoms with Gasteiger partial charge in [-0.25, -0.2) is 4.57 Å². The number of phosphoric ester groups is 1. The first-order valence-corrected chi connectivity index (χ1v) is 37.8. The van der Waals surface area contributed by atoms with Crippen LogP contribution in [0.15, 0.2) is 0 Å². The number of unbranched alkanes of at least 4 members (excludes halogenated alkanes) is 55. The summed E-state index contributed by atoms with van der Waals surface area (Å²) in [6, 6.07) is 0. The number of carbonyl (C=O) groups is 2. The molecule has 0 fully saturated rings. The summed E-state index contributed by atoms with van der Waals surface area (Å²) in [5.41, 5.74) is 0. The van der Waals surface area contributed by atoms with Gasteiger partial charge in [-0.05, 0) is 12.8 Å². The predicted octanol–water partition coefficient (Wildman–Crippen LogP) is 23.3. The Morgan fingerprint density at radius 2 is 0.556 bits per heavy atom. The third-order valence-corrected chi connectivity index (χ3v) is 17.9. The Morgan fingerprint density at radius 1 is 0.333 bits per heavy atom. The van der Waals surface area contributed by atoms with Gasteiger partial charge in [0.05, 0.1) is 27.7 Å². The smallest absolute Gasteiger partial charge is 0.462 e. The van der Waals surface area contributed by atoms with E-state index in [1.54, 1.807) is 0 Å². The fourth-order valence-corrected chi connectivity index (χ4v) is 12.1. The summed E-state index contributed by atoms with van der Waals surface area (Å²) in [5.74, 6) is -0.770. The van der Waals surface area contributed by atoms with Gasteiger partial charge in [-0.1, -0.05) is 367 Å². The normalized spacial score (nSPS) is 13.0. The molecule has 0 saturated heterocycles. The van der Waals surface area contributed by atoms with Crippen molar-refractivity contribution >= 4 is 19.8 Å². The lowest BCUT2D eigenvalue weighted by Gasteiger charge is -2.24. The lowest BCUT2D eigenvalue weighted by molar-refractivity contribution is -0.870. The van der Waals surface area contributed by atoms with E-state index < -0.39 is 26.5 Å². The molecular weight excluding hydrogens is 1030 g/mol. The first-order valence-electron chi connectivity index (χ1n) is 36.3. The van der Waals surface area contributed by atoms with E-state index in [4.69, 9.17) is 18.5 Å². The lowest BCUT2D eigenvalue weighted by Crippen LogP contribution is -2.37. The number of phosphoric acid groups is 1. The van der Waals surface area contributed by atoms with Gasteiger partial charge in [0.25, 0.3) is 0 Å². The summed E-state index contributed by atoms with van der Waals surface area (Å²) in [6.45, 7) is 4.52. The molecule has 0 amide bonds. The van der Waals surface area contributed by atoms with Crippen LogP contribution < -0.4 is 0 Å². The molecule has 0 heterocycles. The van der Waals surface area contributed by atoms with Crippen LogP contribution in [0.3, 0.4) is 0 Å². The molecule has 0 aliphatic heterocycles. The SMILES string of the molecule is CCCCCCCCCCCCCCCCCCCCCCCCCCCCCCCCCCCCCCCCCCC(=O)OC(COC(=O)CCCCCCCCCCCCCCCCCCC)COP(=O)(O)OCC[N+](C)(C)C. The van der Waals surface area contributed by atoms with E-state index in [-0.39, 0.29) is 25.6 Å². The number of rotatable bonds is 69. The minimum atomic E-state index is -4.38. The van der Waals surface area contributed by atoms with Crippen LogP contribution in [0.5, 0.6) is 0 Å². The van der Waals surface area contributed by atoms with Crippen LogP contribution >= 0.6 is 7.82 Å². The second kappa shape index (κ2) is 63.5. The molecule has 0 aromatic rings. The Labute approximate surface area is 505 Å². The van der Waals surface area contributed by atoms with Crippen molar-refractivity contribution in [2.75, 3.05) is 47.5 Å². The van der Waals surface area contributed by atoms with Crippen LogP contribution in [-0.2, 0) is 32.7 Å². The fourth-order valence-electron chi connectivity index (χ4n) is 11.3. The maximum Gasteiger partial charge on any atom is 0.472 e. The Balaban J connectivity index is 3.83. The quantitative estimate of drug-likeness (QED) is 0.0278. The van der Waals surface area contributed by atoms with Crippen LogP contribution in [0, 0.1) is 0 Å². The van der Waals surface area contributed by atoms with Gasteiger partial charge in [-0.3, -0.25) is 18.6 Å². The molecule has 0 radical (unpaired) electrons. The molecule has 0 bridgehead atoms. The molecule has 81 heavy (non-hydrogen) atoms. The molecule has 0 rings (SSSR count). The standard InChI is InChI=1S/C71H142NO8P/c1-6-8-10-12-14-16-18-20-22-24-25-26-27-28-29-30-31-32-33-34-35-36-37-38-39-40-41-42-43-44-45-46-48-50-52-54-56-58-60-62-64-71(74)80-69(68-79-81(75,76)78-66-65-72(3,4)5)67-77-70(73)63-61-59-57-55-53-51-49-47-23-21-19-17-15-13-11-9-7-2/h69H,6-68H2,1-5H3/p+1. The zero-order chi connectivity index (χ0) is 59.1. The van der Waals surface area contributed by atoms with Crippen LogP contribution in [-0.4, -0.2) is 74.9 Å². The van der Waals surface area contributed by atoms with Crippen LogP contribution in [0.25, 0.3) is 0 Å². The van der Waals surface area contributed by atoms with Gasteiger partial charge < -0.3 is 18.9 Å². The molecule has 0 aliphatic rings. The van der Waals surface area contributed by atoms with Crippen molar-refractivity contribution in [2.24, 2.45) is 0 Å². The summed E-state index contributed by atoms with van der Waals surface area (Å²) < 4.78 is 34.7. The zero-order valence-electron chi connectivity index (χ0n) is 55.3. The number of hydrogen-bond acceptors (Lipinski definition) is 7. The number of esters is 2. The molecule has 0 saturated carbocycles. The van der Waals surface area contributed by atoms with Crippen molar-refractivity contribution in [3.63, 3.8) is 0 Å². The van der Waals surface area contributed by atoms with E-state index in [9.17, 15) is 19.0 Å². The average Bonchev–Trinajstić information content (AvgIpc) is 3.43. The highest BCUT2D eigenvalue weighted by molar-refractivity contribution is 7.47. The van der Waals surface area contributed by atoms with Gasteiger partial charge in [0.15, 0.2) is 6.10 Å². The highest BCUT2D eigenvalue weighted by Crippen LogP contribution is 2.43. The third-order valence-electron chi connectivity index (χ3n) is 16.9. The molecule has 2 unspecified atom stereocenters. The number of quaternary nitrogens is 1. The van der Waals surface area contributed by atoms with Gasteiger partial charge in [0, 0.05) is 12.8 Å². The Bertz CT molecular complexity index is 1330. The van der Waals surface area contributed by atoms with Gasteiger partial charge >= 0.3 is 19.8 Å². The number of nitrogens with zero attached hydrogens (tertiary/aromatic N) is 1. The lowest BCUT2D eigenvalue weighted by atomic mass is 10.0. The minimum Gasteiger partial charge on any atom is -0.462 e. The largest absolute Gasteiger partial charge is 0.472 e. The topological polar surface area (TPSA) is 108 Å². The molecular formula is C71H143NO8P+. The molecule has 9 nitrogen and oxygen atoms in total. The molecule has 1 N–H and O–H groups in total. The molecule has 2 atom stereocenters. The van der Waals surface area contributed by atoms with Crippen molar-refractivity contribution in [3.05, 3.63) is 0 Å². The highest BCUT2D eigenvalue weighted by Gasteiger charge is 2.27. The Hall–Kier alpha value is -0.990. The van der Waals surface area contributed by atoms with Crippen molar-refractivity contribution in [3.8, 4) is 0 Å². The predicted molar refractivity (Wildman–Crippen MR) is 349 cm³/mol. The summed E-state index contributed by atoms with van der Waals surface area (Å²) in [7, 11) is 1.51. The van der Waals surface area contributed by atoms with Crippen LogP contribution in [0.2, 0.25) is 0 Å². The molecule has 0 aromatic heterocycles. The third kappa shape index (κ3) is 68.0. The first kappa shape index (κ1) is 80.0. The fraction of sp³-hybridized carbons (Fsp3) is 0.972. The van der Waals surface area contributed by atoms with E-state index in [0.29, 0.717) is 17.4 Å². The summed E-state index contributed by atoms with van der Waals surface area (Å²) in [4.78, 5) is 35.8. The molecule has 0 aliphatic carbocycles. The highest BCUT2D eigenvalue weighted by atomic mass is 31.2. The van der Waals surface area contributed by atoms with Crippen LogP contribution in [0.4, 0.5) is 0 Å². The van der Waals surface area contributed by atoms with Gasteiger partial charge in [0.2, 0.25) is 0 Å². The second-order valence-electron chi connectivity index (χ2n) is 26.4. The van der Waals surface area contributed by atoms with Crippen molar-refractivity contribution < 1.29 is 42.1 Å². The molecule has 0 aromatic carbocycles. The van der Waals surface area contributed by atoms with Gasteiger partial charge in [0.1, 0.15) is 19.8 Å². The molecule has 484 valence electrons. The minimum absolute atomic E-state index is 0.0376. The second-order valence-corrected chi connectivity index (χ2v) is 27.8. The monoisotopic (exact) mass is 1170 g/mol. The summed E-state index contributed by atoms with van der Waals surface area (Å²) in [5, 5.41) is 0. The van der Waals surface area contributed by atoms with E-state index in [2.05, 4.69) is 13.8 Å². The van der Waals surface area contributed by atoms with E-state index in [1.165, 1.54) is 327 Å². The number of carbonyl (C=O) groups excluding carboxylic acids is 2. The van der Waals surface area contributed by atoms with E-state index in [0.717, 1.165) is 38.5 Å². The van der Waals surface area contributed by atoms with E-state index >= 15 is 0 Å². The van der Waals surface area contributed by atoms with Crippen molar-refractivity contribution in [1.29, 1.82) is 0 Å². The van der Waals surface area contributed by atoms with Gasteiger partial charge in [-0.15, -0.1) is 0 Å². The number of ether oxygens (including phenoxy) is 2. The van der Waals surface area contributed by atoms with Crippen LogP contribution in [0.1, 0.15) is 393 Å². The van der Waals surface area contributed by atoms with E-state index in [1.807, 2.05) is 21.1 Å². The van der Waals surface area contributed by atoms with Crippen molar-refractivity contribution in [1.82, 2.24) is 0 Å². The maximum absolute atomic E-state index is 12.9. The summed E-state index contributed by atoms with van der Waals surface area (Å²) in [6.07, 6.45) is 76.7. The average molecular weight is 1170 g/mol. The number of hydrogen-bond donors (Lipinski definition) is 1. The zero-order valence-corrected chi connectivity index (χ0v) is 56.2. The maximum atomic E-state index is 12.9. The van der Waals surface area contributed by atoms with Gasteiger partial charge in [-0.2, -0.15) is 0 Å². The molecule has 10 heteroatoms. The number of likely N-dealkylation sites (N-methyl/N-ethyl adjacent to an activating group) is 1.